The molecule has 0 bridgehead atoms. The van der Waals surface area contributed by atoms with Gasteiger partial charge < -0.3 is 4.74 Å². The van der Waals surface area contributed by atoms with Gasteiger partial charge in [0.2, 0.25) is 0 Å². The molecular weight excluding hydrogens is 150 g/mol. The Labute approximate surface area is 71.4 Å². The first-order chi connectivity index (χ1) is 5.81. The molecule has 1 aromatic carbocycles. The average Bonchev–Trinajstić information content (AvgIpc) is 2.52. The Bertz CT molecular complexity index is 363. The van der Waals surface area contributed by atoms with Crippen molar-refractivity contribution in [2.75, 3.05) is 6.61 Å². The average molecular weight is 159 g/mol. The predicted octanol–water partition coefficient (Wildman–Crippen LogP) is 1.80. The summed E-state index contributed by atoms with van der Waals surface area (Å²) in [7, 11) is 0. The van der Waals surface area contributed by atoms with Crippen molar-refractivity contribution in [1.29, 1.82) is 5.26 Å². The van der Waals surface area contributed by atoms with E-state index in [1.165, 1.54) is 5.56 Å². The van der Waals surface area contributed by atoms with Gasteiger partial charge in [-0.1, -0.05) is 0 Å². The second-order valence-electron chi connectivity index (χ2n) is 2.99. The molecule has 1 aliphatic heterocycles. The lowest BCUT2D eigenvalue weighted by atomic mass is 10.1. The molecule has 0 radical (unpaired) electrons. The summed E-state index contributed by atoms with van der Waals surface area (Å²) in [6.07, 6.45) is 0.936. The van der Waals surface area contributed by atoms with E-state index in [9.17, 15) is 0 Å². The second-order valence-corrected chi connectivity index (χ2v) is 2.99. The van der Waals surface area contributed by atoms with Crippen molar-refractivity contribution in [3.63, 3.8) is 0 Å². The van der Waals surface area contributed by atoms with E-state index >= 15 is 0 Å². The molecule has 0 unspecified atom stereocenters. The molecule has 12 heavy (non-hydrogen) atoms. The standard InChI is InChI=1S/C10H9NO/c1-7-4-8(6-11)5-9-2-3-12-10(7)9/h4-5H,2-3H2,1H3. The number of aryl methyl sites for hydroxylation is 1. The Kier molecular flexibility index (Phi) is 1.51. The monoisotopic (exact) mass is 159 g/mol. The Balaban J connectivity index is 2.60. The molecule has 0 atom stereocenters. The molecule has 2 nitrogen and oxygen atoms in total. The lowest BCUT2D eigenvalue weighted by Gasteiger charge is -2.02. The van der Waals surface area contributed by atoms with E-state index in [0.29, 0.717) is 0 Å². The van der Waals surface area contributed by atoms with Gasteiger partial charge in [0, 0.05) is 6.42 Å². The molecule has 0 spiro atoms. The fourth-order valence-electron chi connectivity index (χ4n) is 1.57. The number of fused-ring (bicyclic) bond motifs is 1. The van der Waals surface area contributed by atoms with E-state index < -0.39 is 0 Å². The Hall–Kier alpha value is -1.49. The van der Waals surface area contributed by atoms with Crippen LogP contribution >= 0.6 is 0 Å². The van der Waals surface area contributed by atoms with Crippen LogP contribution in [0.2, 0.25) is 0 Å². The number of nitriles is 1. The molecule has 0 saturated carbocycles. The third-order valence-electron chi connectivity index (χ3n) is 2.10. The van der Waals surface area contributed by atoms with Gasteiger partial charge >= 0.3 is 0 Å². The zero-order valence-corrected chi connectivity index (χ0v) is 6.92. The van der Waals surface area contributed by atoms with Gasteiger partial charge in [-0.15, -0.1) is 0 Å². The molecule has 1 heterocycles. The first-order valence-corrected chi connectivity index (χ1v) is 3.97. The van der Waals surface area contributed by atoms with Crippen LogP contribution in [-0.4, -0.2) is 6.61 Å². The summed E-state index contributed by atoms with van der Waals surface area (Å²) in [5, 5.41) is 8.70. The Morgan fingerprint density at radius 1 is 1.50 bits per heavy atom. The maximum Gasteiger partial charge on any atom is 0.125 e. The third-order valence-corrected chi connectivity index (χ3v) is 2.10. The lowest BCUT2D eigenvalue weighted by molar-refractivity contribution is 0.354. The maximum absolute atomic E-state index is 8.70. The summed E-state index contributed by atoms with van der Waals surface area (Å²) >= 11 is 0. The maximum atomic E-state index is 8.70. The van der Waals surface area contributed by atoms with Gasteiger partial charge in [-0.3, -0.25) is 0 Å². The van der Waals surface area contributed by atoms with Gasteiger partial charge in [-0.25, -0.2) is 0 Å². The fourth-order valence-corrected chi connectivity index (χ4v) is 1.57. The summed E-state index contributed by atoms with van der Waals surface area (Å²) in [5.41, 5.74) is 2.98. The van der Waals surface area contributed by atoms with E-state index in [1.807, 2.05) is 19.1 Å². The number of nitrogens with zero attached hydrogens (tertiary/aromatic N) is 1. The summed E-state index contributed by atoms with van der Waals surface area (Å²) in [4.78, 5) is 0. The van der Waals surface area contributed by atoms with Crippen molar-refractivity contribution in [2.24, 2.45) is 0 Å². The van der Waals surface area contributed by atoms with E-state index in [-0.39, 0.29) is 0 Å². The summed E-state index contributed by atoms with van der Waals surface area (Å²) in [6, 6.07) is 5.92. The smallest absolute Gasteiger partial charge is 0.125 e. The minimum atomic E-state index is 0.733. The second kappa shape index (κ2) is 2.53. The minimum Gasteiger partial charge on any atom is -0.493 e. The zero-order chi connectivity index (χ0) is 8.55. The quantitative estimate of drug-likeness (QED) is 0.578. The fraction of sp³-hybridized carbons (Fsp3) is 0.300. The molecule has 0 aromatic heterocycles. The van der Waals surface area contributed by atoms with Crippen molar-refractivity contribution in [3.05, 3.63) is 28.8 Å². The zero-order valence-electron chi connectivity index (χ0n) is 6.92. The van der Waals surface area contributed by atoms with Crippen LogP contribution < -0.4 is 4.74 Å². The van der Waals surface area contributed by atoms with Crippen molar-refractivity contribution in [2.45, 2.75) is 13.3 Å². The van der Waals surface area contributed by atoms with Crippen molar-refractivity contribution in [1.82, 2.24) is 0 Å². The van der Waals surface area contributed by atoms with Crippen LogP contribution in [0.5, 0.6) is 5.75 Å². The van der Waals surface area contributed by atoms with Crippen LogP contribution in [0.4, 0.5) is 0 Å². The van der Waals surface area contributed by atoms with Crippen molar-refractivity contribution in [3.8, 4) is 11.8 Å². The highest BCUT2D eigenvalue weighted by Gasteiger charge is 2.14. The van der Waals surface area contributed by atoms with Gasteiger partial charge in [0.1, 0.15) is 5.75 Å². The minimum absolute atomic E-state index is 0.733. The molecular formula is C10H9NO. The molecule has 0 saturated heterocycles. The van der Waals surface area contributed by atoms with Gasteiger partial charge in [0.15, 0.2) is 0 Å². The molecule has 1 aliphatic rings. The number of rotatable bonds is 0. The molecule has 2 rings (SSSR count). The largest absolute Gasteiger partial charge is 0.493 e. The van der Waals surface area contributed by atoms with Gasteiger partial charge in [-0.05, 0) is 30.2 Å². The summed E-state index contributed by atoms with van der Waals surface area (Å²) < 4.78 is 5.42. The van der Waals surface area contributed by atoms with E-state index in [1.54, 1.807) is 0 Å². The predicted molar refractivity (Wildman–Crippen MR) is 45.1 cm³/mol. The topological polar surface area (TPSA) is 33.0 Å². The van der Waals surface area contributed by atoms with Gasteiger partial charge in [0.05, 0.1) is 18.2 Å². The molecule has 0 aliphatic carbocycles. The number of hydrogen-bond acceptors (Lipinski definition) is 2. The normalized spacial score (nSPS) is 13.3. The highest BCUT2D eigenvalue weighted by molar-refractivity contribution is 5.49. The first-order valence-electron chi connectivity index (χ1n) is 3.97. The highest BCUT2D eigenvalue weighted by atomic mass is 16.5. The molecule has 0 fully saturated rings. The molecule has 0 N–H and O–H groups in total. The number of hydrogen-bond donors (Lipinski definition) is 0. The third kappa shape index (κ3) is 0.947. The van der Waals surface area contributed by atoms with Crippen LogP contribution in [0.3, 0.4) is 0 Å². The van der Waals surface area contributed by atoms with Gasteiger partial charge in [0.25, 0.3) is 0 Å². The molecule has 2 heteroatoms. The number of benzene rings is 1. The first kappa shape index (κ1) is 7.17. The van der Waals surface area contributed by atoms with E-state index in [0.717, 1.165) is 29.9 Å². The molecule has 60 valence electrons. The van der Waals surface area contributed by atoms with Crippen LogP contribution in [0.15, 0.2) is 12.1 Å². The molecule has 0 amide bonds. The summed E-state index contributed by atoms with van der Waals surface area (Å²) in [5.74, 6) is 0.981. The summed E-state index contributed by atoms with van der Waals surface area (Å²) in [6.45, 7) is 2.73. The van der Waals surface area contributed by atoms with Crippen LogP contribution in [0, 0.1) is 18.3 Å². The number of ether oxygens (including phenoxy) is 1. The van der Waals surface area contributed by atoms with Crippen LogP contribution in [0.1, 0.15) is 16.7 Å². The molecule has 1 aromatic rings. The van der Waals surface area contributed by atoms with Crippen molar-refractivity contribution >= 4 is 0 Å². The van der Waals surface area contributed by atoms with E-state index in [2.05, 4.69) is 6.07 Å². The van der Waals surface area contributed by atoms with Gasteiger partial charge in [-0.2, -0.15) is 5.26 Å². The van der Waals surface area contributed by atoms with Crippen molar-refractivity contribution < 1.29 is 4.74 Å². The van der Waals surface area contributed by atoms with Crippen LogP contribution in [-0.2, 0) is 6.42 Å². The Morgan fingerprint density at radius 2 is 2.33 bits per heavy atom. The lowest BCUT2D eigenvalue weighted by Crippen LogP contribution is -1.88. The van der Waals surface area contributed by atoms with E-state index in [4.69, 9.17) is 10.00 Å². The highest BCUT2D eigenvalue weighted by Crippen LogP contribution is 2.29. The Morgan fingerprint density at radius 3 is 3.08 bits per heavy atom. The van der Waals surface area contributed by atoms with Crippen LogP contribution in [0.25, 0.3) is 0 Å². The SMILES string of the molecule is Cc1cc(C#N)cc2c1OCC2.